The van der Waals surface area contributed by atoms with Gasteiger partial charge < -0.3 is 5.11 Å². The number of aliphatic hydroxyl groups is 1. The van der Waals surface area contributed by atoms with Gasteiger partial charge in [0.15, 0.2) is 0 Å². The molecule has 0 aliphatic rings. The van der Waals surface area contributed by atoms with E-state index in [0.717, 1.165) is 11.3 Å². The van der Waals surface area contributed by atoms with Crippen molar-refractivity contribution >= 4 is 17.7 Å². The highest BCUT2D eigenvalue weighted by Gasteiger charge is 1.94. The van der Waals surface area contributed by atoms with Crippen LogP contribution in [0.2, 0.25) is 0 Å². The number of allylic oxidation sites excluding steroid dienone is 1. The van der Waals surface area contributed by atoms with Gasteiger partial charge in [0, 0.05) is 11.8 Å². The Morgan fingerprint density at radius 2 is 1.47 bits per heavy atom. The molecule has 0 fully saturated rings. The van der Waals surface area contributed by atoms with Crippen LogP contribution in [0.1, 0.15) is 5.56 Å². The van der Waals surface area contributed by atoms with Crippen LogP contribution in [0.3, 0.4) is 0 Å². The Labute approximate surface area is 101 Å². The van der Waals surface area contributed by atoms with Crippen molar-refractivity contribution in [3.05, 3.63) is 72.3 Å². The number of aliphatic hydroxyl groups excluding tert-OH is 1. The van der Waals surface area contributed by atoms with Crippen molar-refractivity contribution in [2.24, 2.45) is 4.99 Å². The second-order valence-electron chi connectivity index (χ2n) is 3.53. The van der Waals surface area contributed by atoms with Crippen LogP contribution in [0, 0.1) is 0 Å². The lowest BCUT2D eigenvalue weighted by Gasteiger charge is -1.97. The molecule has 1 N–H and O–H groups in total. The summed E-state index contributed by atoms with van der Waals surface area (Å²) < 4.78 is 0. The molecule has 0 aliphatic heterocycles. The zero-order valence-corrected chi connectivity index (χ0v) is 9.32. The minimum Gasteiger partial charge on any atom is -0.507 e. The molecule has 2 nitrogen and oxygen atoms in total. The van der Waals surface area contributed by atoms with Crippen molar-refractivity contribution in [3.63, 3.8) is 0 Å². The molecule has 0 heterocycles. The van der Waals surface area contributed by atoms with Gasteiger partial charge in [0.05, 0.1) is 5.69 Å². The van der Waals surface area contributed by atoms with Crippen LogP contribution >= 0.6 is 0 Å². The summed E-state index contributed by atoms with van der Waals surface area (Å²) in [5.41, 5.74) is 1.65. The first-order chi connectivity index (χ1) is 8.36. The summed E-state index contributed by atoms with van der Waals surface area (Å²) in [6.07, 6.45) is 3.18. The van der Waals surface area contributed by atoms with Crippen LogP contribution < -0.4 is 0 Å². The molecule has 0 saturated heterocycles. The SMILES string of the molecule is O/C(=C\C=N\c1ccccc1)c1ccccc1. The van der Waals surface area contributed by atoms with Crippen molar-refractivity contribution < 1.29 is 5.11 Å². The van der Waals surface area contributed by atoms with E-state index in [1.807, 2.05) is 60.7 Å². The third-order valence-electron chi connectivity index (χ3n) is 2.28. The van der Waals surface area contributed by atoms with E-state index < -0.39 is 0 Å². The van der Waals surface area contributed by atoms with Crippen molar-refractivity contribution in [2.75, 3.05) is 0 Å². The summed E-state index contributed by atoms with van der Waals surface area (Å²) >= 11 is 0. The molecule has 2 aromatic carbocycles. The van der Waals surface area contributed by atoms with Crippen LogP contribution in [-0.4, -0.2) is 11.3 Å². The number of rotatable bonds is 3. The van der Waals surface area contributed by atoms with Crippen molar-refractivity contribution in [2.45, 2.75) is 0 Å². The number of para-hydroxylation sites is 1. The molecule has 2 heteroatoms. The average Bonchev–Trinajstić information content (AvgIpc) is 2.41. The maximum absolute atomic E-state index is 9.77. The number of nitrogens with zero attached hydrogens (tertiary/aromatic N) is 1. The summed E-state index contributed by atoms with van der Waals surface area (Å²) in [5.74, 6) is 0.213. The molecule has 2 aromatic rings. The molecule has 84 valence electrons. The van der Waals surface area contributed by atoms with Gasteiger partial charge in [-0.1, -0.05) is 48.5 Å². The van der Waals surface area contributed by atoms with E-state index in [-0.39, 0.29) is 5.76 Å². The fraction of sp³-hybridized carbons (Fsp3) is 0. The number of hydrogen-bond donors (Lipinski definition) is 1. The smallest absolute Gasteiger partial charge is 0.124 e. The van der Waals surface area contributed by atoms with Crippen LogP contribution in [0.15, 0.2) is 71.7 Å². The van der Waals surface area contributed by atoms with Gasteiger partial charge in [-0.3, -0.25) is 4.99 Å². The van der Waals surface area contributed by atoms with Crippen LogP contribution in [0.4, 0.5) is 5.69 Å². The standard InChI is InChI=1S/C15H13NO/c17-15(13-7-3-1-4-8-13)11-12-16-14-9-5-2-6-10-14/h1-12,17H/b15-11-,16-12+. The first-order valence-corrected chi connectivity index (χ1v) is 5.40. The maximum atomic E-state index is 9.77. The lowest BCUT2D eigenvalue weighted by Crippen LogP contribution is -1.81. The Hall–Kier alpha value is -2.35. The van der Waals surface area contributed by atoms with E-state index in [0.29, 0.717) is 0 Å². The first kappa shape index (κ1) is 11.1. The van der Waals surface area contributed by atoms with Crippen LogP contribution in [0.5, 0.6) is 0 Å². The second kappa shape index (κ2) is 5.66. The van der Waals surface area contributed by atoms with Gasteiger partial charge in [0.2, 0.25) is 0 Å². The number of benzene rings is 2. The minimum absolute atomic E-state index is 0.213. The summed E-state index contributed by atoms with van der Waals surface area (Å²) in [7, 11) is 0. The monoisotopic (exact) mass is 223 g/mol. The van der Waals surface area contributed by atoms with E-state index in [9.17, 15) is 5.11 Å². The Kier molecular flexibility index (Phi) is 3.71. The van der Waals surface area contributed by atoms with E-state index in [1.54, 1.807) is 12.3 Å². The highest BCUT2D eigenvalue weighted by atomic mass is 16.3. The summed E-state index contributed by atoms with van der Waals surface area (Å²) in [4.78, 5) is 4.21. The molecule has 17 heavy (non-hydrogen) atoms. The lowest BCUT2D eigenvalue weighted by molar-refractivity contribution is 0.512. The molecule has 0 atom stereocenters. The van der Waals surface area contributed by atoms with Gasteiger partial charge in [-0.2, -0.15) is 0 Å². The van der Waals surface area contributed by atoms with Crippen LogP contribution in [-0.2, 0) is 0 Å². The fourth-order valence-corrected chi connectivity index (χ4v) is 1.41. The summed E-state index contributed by atoms with van der Waals surface area (Å²) in [6.45, 7) is 0. The second-order valence-corrected chi connectivity index (χ2v) is 3.53. The molecule has 0 spiro atoms. The molecular formula is C15H13NO. The topological polar surface area (TPSA) is 32.6 Å². The molecule has 2 rings (SSSR count). The van der Waals surface area contributed by atoms with Crippen molar-refractivity contribution in [1.29, 1.82) is 0 Å². The molecule has 0 unspecified atom stereocenters. The first-order valence-electron chi connectivity index (χ1n) is 5.40. The van der Waals surface area contributed by atoms with Crippen molar-refractivity contribution in [1.82, 2.24) is 0 Å². The van der Waals surface area contributed by atoms with E-state index in [2.05, 4.69) is 4.99 Å². The largest absolute Gasteiger partial charge is 0.507 e. The quantitative estimate of drug-likeness (QED) is 0.619. The van der Waals surface area contributed by atoms with Gasteiger partial charge in [0.1, 0.15) is 5.76 Å². The van der Waals surface area contributed by atoms with Crippen molar-refractivity contribution in [3.8, 4) is 0 Å². The maximum Gasteiger partial charge on any atom is 0.124 e. The molecule has 0 aromatic heterocycles. The Morgan fingerprint density at radius 1 is 0.882 bits per heavy atom. The average molecular weight is 223 g/mol. The summed E-state index contributed by atoms with van der Waals surface area (Å²) in [5, 5.41) is 9.77. The number of hydrogen-bond acceptors (Lipinski definition) is 2. The predicted octanol–water partition coefficient (Wildman–Crippen LogP) is 3.99. The third-order valence-corrected chi connectivity index (χ3v) is 2.28. The Balaban J connectivity index is 2.09. The molecule has 0 aliphatic carbocycles. The van der Waals surface area contributed by atoms with Gasteiger partial charge >= 0.3 is 0 Å². The fourth-order valence-electron chi connectivity index (χ4n) is 1.41. The Bertz CT molecular complexity index is 515. The molecule has 0 bridgehead atoms. The normalized spacial score (nSPS) is 11.9. The molecule has 0 radical (unpaired) electrons. The third kappa shape index (κ3) is 3.31. The highest BCUT2D eigenvalue weighted by molar-refractivity contribution is 5.83. The van der Waals surface area contributed by atoms with Gasteiger partial charge in [0.25, 0.3) is 0 Å². The van der Waals surface area contributed by atoms with E-state index in [1.165, 1.54) is 0 Å². The molecule has 0 saturated carbocycles. The lowest BCUT2D eigenvalue weighted by atomic mass is 10.2. The number of aliphatic imine (C=N–C) groups is 1. The predicted molar refractivity (Wildman–Crippen MR) is 71.6 cm³/mol. The molecule has 0 amide bonds. The molecular weight excluding hydrogens is 210 g/mol. The minimum atomic E-state index is 0.213. The van der Waals surface area contributed by atoms with Gasteiger partial charge in [-0.15, -0.1) is 0 Å². The zero-order valence-electron chi connectivity index (χ0n) is 9.32. The highest BCUT2D eigenvalue weighted by Crippen LogP contribution is 2.11. The summed E-state index contributed by atoms with van der Waals surface area (Å²) in [6, 6.07) is 19.0. The van der Waals surface area contributed by atoms with Gasteiger partial charge in [-0.25, -0.2) is 0 Å². The van der Waals surface area contributed by atoms with Gasteiger partial charge in [-0.05, 0) is 18.2 Å². The zero-order chi connectivity index (χ0) is 11.9. The van der Waals surface area contributed by atoms with Crippen LogP contribution in [0.25, 0.3) is 5.76 Å². The van der Waals surface area contributed by atoms with E-state index >= 15 is 0 Å². The Morgan fingerprint density at radius 3 is 2.12 bits per heavy atom. The van der Waals surface area contributed by atoms with E-state index in [4.69, 9.17) is 0 Å².